The molecule has 0 unspecified atom stereocenters. The molecule has 3 aromatic rings. The lowest BCUT2D eigenvalue weighted by atomic mass is 10.1. The minimum absolute atomic E-state index is 0.543. The van der Waals surface area contributed by atoms with Crippen molar-refractivity contribution < 1.29 is 17.6 Å². The van der Waals surface area contributed by atoms with Crippen molar-refractivity contribution in [2.24, 2.45) is 0 Å². The molecular weight excluding hydrogens is 355 g/mol. The molecule has 1 aliphatic heterocycles. The zero-order valence-corrected chi connectivity index (χ0v) is 14.7. The third-order valence-corrected chi connectivity index (χ3v) is 4.82. The molecule has 0 spiro atoms. The summed E-state index contributed by atoms with van der Waals surface area (Å²) in [5.41, 5.74) is 1.13. The van der Waals surface area contributed by atoms with Crippen LogP contribution in [0.15, 0.2) is 47.0 Å². The van der Waals surface area contributed by atoms with Crippen LogP contribution in [0.2, 0.25) is 0 Å². The Balaban J connectivity index is 1.36. The van der Waals surface area contributed by atoms with Crippen LogP contribution >= 0.6 is 0 Å². The zero-order valence-electron chi connectivity index (χ0n) is 14.7. The van der Waals surface area contributed by atoms with E-state index in [1.807, 2.05) is 12.3 Å². The van der Waals surface area contributed by atoms with Crippen LogP contribution in [0.3, 0.4) is 0 Å². The first-order chi connectivity index (χ1) is 13.0. The molecule has 142 valence electrons. The predicted molar refractivity (Wildman–Crippen MR) is 94.9 cm³/mol. The number of rotatable bonds is 5. The van der Waals surface area contributed by atoms with Gasteiger partial charge in [0.05, 0.1) is 17.8 Å². The maximum absolute atomic E-state index is 12.6. The molecule has 0 radical (unpaired) electrons. The van der Waals surface area contributed by atoms with Gasteiger partial charge in [-0.2, -0.15) is 13.2 Å². The summed E-state index contributed by atoms with van der Waals surface area (Å²) in [5.74, 6) is 2.45. The van der Waals surface area contributed by atoms with Crippen molar-refractivity contribution >= 4 is 0 Å². The van der Waals surface area contributed by atoms with Crippen LogP contribution in [0, 0.1) is 0 Å². The first kappa shape index (κ1) is 17.9. The average Bonchev–Trinajstić information content (AvgIpc) is 3.29. The fraction of sp³-hybridized carbons (Fsp3) is 0.350. The molecule has 0 saturated heterocycles. The highest BCUT2D eigenvalue weighted by Crippen LogP contribution is 2.31. The number of nitrogens with one attached hydrogen (secondary N) is 1. The Kier molecular flexibility index (Phi) is 4.78. The molecule has 4 rings (SSSR count). The van der Waals surface area contributed by atoms with E-state index in [0.29, 0.717) is 24.4 Å². The molecule has 0 amide bonds. The largest absolute Gasteiger partial charge is 0.460 e. The lowest BCUT2D eigenvalue weighted by Gasteiger charge is -2.16. The summed E-state index contributed by atoms with van der Waals surface area (Å²) in [6, 6.07) is 8.61. The monoisotopic (exact) mass is 375 g/mol. The van der Waals surface area contributed by atoms with E-state index in [2.05, 4.69) is 14.9 Å². The third-order valence-electron chi connectivity index (χ3n) is 4.82. The topological polar surface area (TPSA) is 43.0 Å². The first-order valence-electron chi connectivity index (χ1n) is 9.01. The van der Waals surface area contributed by atoms with E-state index in [-0.39, 0.29) is 0 Å². The lowest BCUT2D eigenvalue weighted by molar-refractivity contribution is -0.137. The number of nitrogens with zero attached hydrogens (tertiary/aromatic N) is 2. The van der Waals surface area contributed by atoms with Crippen molar-refractivity contribution in [2.45, 2.75) is 45.1 Å². The van der Waals surface area contributed by atoms with Gasteiger partial charge in [0, 0.05) is 31.3 Å². The van der Waals surface area contributed by atoms with Gasteiger partial charge in [-0.05, 0) is 37.1 Å². The summed E-state index contributed by atoms with van der Waals surface area (Å²) >= 11 is 0. The lowest BCUT2D eigenvalue weighted by Crippen LogP contribution is -2.18. The number of hydrogen-bond donors (Lipinski definition) is 1. The van der Waals surface area contributed by atoms with Crippen molar-refractivity contribution in [3.8, 4) is 11.3 Å². The summed E-state index contributed by atoms with van der Waals surface area (Å²) < 4.78 is 46.0. The molecule has 0 aliphatic carbocycles. The number of alkyl halides is 3. The van der Waals surface area contributed by atoms with Crippen LogP contribution in [0.4, 0.5) is 13.2 Å². The SMILES string of the molecule is FC(F)(F)c1ccc(-c2ccc(CNCc3cnc4n3CCCC4)o2)cc1. The molecule has 0 fully saturated rings. The maximum atomic E-state index is 12.6. The van der Waals surface area contributed by atoms with E-state index < -0.39 is 11.7 Å². The third kappa shape index (κ3) is 3.93. The number of imidazole rings is 1. The van der Waals surface area contributed by atoms with E-state index in [9.17, 15) is 13.2 Å². The number of furan rings is 1. The van der Waals surface area contributed by atoms with Gasteiger partial charge in [0.1, 0.15) is 17.3 Å². The van der Waals surface area contributed by atoms with E-state index in [4.69, 9.17) is 4.42 Å². The maximum Gasteiger partial charge on any atom is 0.416 e. The van der Waals surface area contributed by atoms with Crippen molar-refractivity contribution in [1.29, 1.82) is 0 Å². The number of fused-ring (bicyclic) bond motifs is 1. The Labute approximate surface area is 155 Å². The average molecular weight is 375 g/mol. The van der Waals surface area contributed by atoms with Gasteiger partial charge in [0.2, 0.25) is 0 Å². The first-order valence-corrected chi connectivity index (χ1v) is 9.01. The minimum atomic E-state index is -4.33. The summed E-state index contributed by atoms with van der Waals surface area (Å²) in [4.78, 5) is 4.47. The van der Waals surface area contributed by atoms with Crippen molar-refractivity contribution in [1.82, 2.24) is 14.9 Å². The van der Waals surface area contributed by atoms with Crippen LogP contribution in [0.5, 0.6) is 0 Å². The molecular formula is C20H20F3N3O. The van der Waals surface area contributed by atoms with E-state index in [0.717, 1.165) is 36.7 Å². The summed E-state index contributed by atoms with van der Waals surface area (Å²) in [5, 5.41) is 3.34. The smallest absolute Gasteiger partial charge is 0.416 e. The number of aromatic nitrogens is 2. The van der Waals surface area contributed by atoms with Crippen molar-refractivity contribution in [2.75, 3.05) is 0 Å². The summed E-state index contributed by atoms with van der Waals surface area (Å²) in [6.45, 7) is 2.26. The Bertz CT molecular complexity index is 909. The highest BCUT2D eigenvalue weighted by atomic mass is 19.4. The van der Waals surface area contributed by atoms with Crippen LogP contribution < -0.4 is 5.32 Å². The molecule has 1 aromatic carbocycles. The van der Waals surface area contributed by atoms with Gasteiger partial charge in [0.15, 0.2) is 0 Å². The van der Waals surface area contributed by atoms with Crippen molar-refractivity contribution in [3.63, 3.8) is 0 Å². The van der Waals surface area contributed by atoms with Crippen LogP contribution in [-0.4, -0.2) is 9.55 Å². The van der Waals surface area contributed by atoms with Gasteiger partial charge in [-0.3, -0.25) is 0 Å². The van der Waals surface area contributed by atoms with E-state index >= 15 is 0 Å². The number of benzene rings is 1. The molecule has 7 heteroatoms. The quantitative estimate of drug-likeness (QED) is 0.697. The van der Waals surface area contributed by atoms with E-state index in [1.54, 1.807) is 6.07 Å². The highest BCUT2D eigenvalue weighted by molar-refractivity contribution is 5.58. The zero-order chi connectivity index (χ0) is 18.9. The second-order valence-electron chi connectivity index (χ2n) is 6.72. The predicted octanol–water partition coefficient (Wildman–Crippen LogP) is 4.79. The molecule has 2 aromatic heterocycles. The molecule has 27 heavy (non-hydrogen) atoms. The number of hydrogen-bond acceptors (Lipinski definition) is 3. The molecule has 1 N–H and O–H groups in total. The Morgan fingerprint density at radius 1 is 1.04 bits per heavy atom. The molecule has 0 saturated carbocycles. The molecule has 0 bridgehead atoms. The standard InChI is InChI=1S/C20H20F3N3O/c21-20(22,23)15-6-4-14(5-7-15)18-9-8-17(27-18)13-24-11-16-12-25-19-3-1-2-10-26(16)19/h4-9,12,24H,1-3,10-11,13H2. The normalized spacial score (nSPS) is 14.3. The van der Waals surface area contributed by atoms with Crippen LogP contribution in [0.25, 0.3) is 11.3 Å². The summed E-state index contributed by atoms with van der Waals surface area (Å²) in [7, 11) is 0. The Morgan fingerprint density at radius 3 is 2.63 bits per heavy atom. The summed E-state index contributed by atoms with van der Waals surface area (Å²) in [6.07, 6.45) is 1.01. The van der Waals surface area contributed by atoms with Crippen LogP contribution in [-0.2, 0) is 32.2 Å². The Hall–Kier alpha value is -2.54. The molecule has 3 heterocycles. The van der Waals surface area contributed by atoms with Gasteiger partial charge in [-0.25, -0.2) is 4.98 Å². The van der Waals surface area contributed by atoms with Gasteiger partial charge in [0.25, 0.3) is 0 Å². The highest BCUT2D eigenvalue weighted by Gasteiger charge is 2.30. The van der Waals surface area contributed by atoms with Gasteiger partial charge < -0.3 is 14.3 Å². The molecule has 0 atom stereocenters. The number of aryl methyl sites for hydroxylation is 1. The van der Waals surface area contributed by atoms with Gasteiger partial charge >= 0.3 is 6.18 Å². The number of halogens is 3. The molecule has 4 nitrogen and oxygen atoms in total. The second-order valence-corrected chi connectivity index (χ2v) is 6.72. The van der Waals surface area contributed by atoms with E-state index in [1.165, 1.54) is 30.7 Å². The Morgan fingerprint density at radius 2 is 1.85 bits per heavy atom. The fourth-order valence-corrected chi connectivity index (χ4v) is 3.39. The fourth-order valence-electron chi connectivity index (χ4n) is 3.39. The van der Waals surface area contributed by atoms with Gasteiger partial charge in [-0.1, -0.05) is 12.1 Å². The second kappa shape index (κ2) is 7.23. The van der Waals surface area contributed by atoms with Crippen molar-refractivity contribution in [3.05, 3.63) is 65.4 Å². The minimum Gasteiger partial charge on any atom is -0.460 e. The van der Waals surface area contributed by atoms with Gasteiger partial charge in [-0.15, -0.1) is 0 Å². The van der Waals surface area contributed by atoms with Crippen LogP contribution in [0.1, 0.15) is 35.7 Å². The molecule has 1 aliphatic rings.